The van der Waals surface area contributed by atoms with Crippen LogP contribution in [0.5, 0.6) is 0 Å². The summed E-state index contributed by atoms with van der Waals surface area (Å²) in [7, 11) is 0. The zero-order valence-corrected chi connectivity index (χ0v) is 10.8. The summed E-state index contributed by atoms with van der Waals surface area (Å²) in [5.74, 6) is 0.643. The van der Waals surface area contributed by atoms with Crippen LogP contribution >= 0.6 is 0 Å². The molecule has 1 aromatic rings. The highest BCUT2D eigenvalue weighted by Crippen LogP contribution is 2.18. The molecule has 0 fully saturated rings. The topological polar surface area (TPSA) is 51.2 Å². The van der Waals surface area contributed by atoms with Crippen LogP contribution in [0.15, 0.2) is 6.07 Å². The Bertz CT molecular complexity index is 342. The number of nitrogens with zero attached hydrogens (tertiary/aromatic N) is 1. The molecule has 0 saturated heterocycles. The van der Waals surface area contributed by atoms with Crippen LogP contribution in [-0.2, 0) is 13.0 Å². The van der Waals surface area contributed by atoms with Gasteiger partial charge in [0.2, 0.25) is 0 Å². The van der Waals surface area contributed by atoms with E-state index in [0.29, 0.717) is 5.92 Å². The normalized spacial score (nSPS) is 13.4. The zero-order chi connectivity index (χ0) is 12.3. The first-order chi connectivity index (χ1) is 7.45. The molecule has 16 heavy (non-hydrogen) atoms. The maximum Gasteiger partial charge on any atom is 0.0585 e. The molecule has 0 aliphatic heterocycles. The highest BCUT2D eigenvalue weighted by molar-refractivity contribution is 5.27. The van der Waals surface area contributed by atoms with Crippen molar-refractivity contribution >= 4 is 0 Å². The van der Waals surface area contributed by atoms with Crippen LogP contribution in [0, 0.1) is 19.8 Å². The Balaban J connectivity index is 2.88. The van der Waals surface area contributed by atoms with Gasteiger partial charge >= 0.3 is 0 Å². The molecular weight excluding hydrogens is 200 g/mol. The Morgan fingerprint density at radius 2 is 2.00 bits per heavy atom. The first kappa shape index (κ1) is 13.3. The van der Waals surface area contributed by atoms with Gasteiger partial charge in [-0.05, 0) is 37.8 Å². The van der Waals surface area contributed by atoms with E-state index in [2.05, 4.69) is 38.3 Å². The Morgan fingerprint density at radius 3 is 2.50 bits per heavy atom. The van der Waals surface area contributed by atoms with Crippen LogP contribution < -0.4 is 5.73 Å². The Morgan fingerprint density at radius 1 is 1.38 bits per heavy atom. The van der Waals surface area contributed by atoms with Crippen molar-refractivity contribution in [2.24, 2.45) is 11.7 Å². The van der Waals surface area contributed by atoms with E-state index >= 15 is 0 Å². The summed E-state index contributed by atoms with van der Waals surface area (Å²) in [5, 5.41) is 8.98. The zero-order valence-electron chi connectivity index (χ0n) is 10.8. The lowest BCUT2D eigenvalue weighted by atomic mass is 10.1. The molecule has 92 valence electrons. The van der Waals surface area contributed by atoms with Crippen LogP contribution in [0.3, 0.4) is 0 Å². The Kier molecular flexibility index (Phi) is 4.56. The number of hydrogen-bond acceptors (Lipinski definition) is 2. The predicted molar refractivity (Wildman–Crippen MR) is 67.5 cm³/mol. The monoisotopic (exact) mass is 224 g/mol. The molecule has 3 N–H and O–H groups in total. The number of aliphatic hydroxyl groups is 1. The second kappa shape index (κ2) is 5.51. The van der Waals surface area contributed by atoms with E-state index in [0.717, 1.165) is 13.0 Å². The number of rotatable bonds is 5. The molecule has 3 nitrogen and oxygen atoms in total. The molecule has 3 heteroatoms. The highest BCUT2D eigenvalue weighted by atomic mass is 16.3. The van der Waals surface area contributed by atoms with Gasteiger partial charge in [0.25, 0.3) is 0 Å². The molecule has 1 heterocycles. The molecule has 0 radical (unpaired) electrons. The molecule has 0 amide bonds. The SMILES string of the molecule is Cc1cc(CC(N)CO)c(C)n1CC(C)C. The summed E-state index contributed by atoms with van der Waals surface area (Å²) in [4.78, 5) is 0. The lowest BCUT2D eigenvalue weighted by Crippen LogP contribution is -2.27. The second-order valence-corrected chi connectivity index (χ2v) is 5.05. The van der Waals surface area contributed by atoms with Crippen LogP contribution in [-0.4, -0.2) is 22.3 Å². The van der Waals surface area contributed by atoms with Crippen molar-refractivity contribution in [2.75, 3.05) is 6.61 Å². The average Bonchev–Trinajstić information content (AvgIpc) is 2.45. The summed E-state index contributed by atoms with van der Waals surface area (Å²) in [5.41, 5.74) is 9.61. The third-order valence-electron chi connectivity index (χ3n) is 2.94. The maximum atomic E-state index is 8.98. The molecule has 0 bridgehead atoms. The molecular formula is C13H24N2O. The second-order valence-electron chi connectivity index (χ2n) is 5.05. The van der Waals surface area contributed by atoms with Gasteiger partial charge in [-0.3, -0.25) is 0 Å². The van der Waals surface area contributed by atoms with Crippen molar-refractivity contribution in [3.05, 3.63) is 23.0 Å². The lowest BCUT2D eigenvalue weighted by Gasteiger charge is -2.13. The van der Waals surface area contributed by atoms with E-state index < -0.39 is 0 Å². The number of aromatic nitrogens is 1. The van der Waals surface area contributed by atoms with Gasteiger partial charge in [-0.1, -0.05) is 13.8 Å². The van der Waals surface area contributed by atoms with Gasteiger partial charge in [-0.15, -0.1) is 0 Å². The highest BCUT2D eigenvalue weighted by Gasteiger charge is 2.12. The number of aryl methyl sites for hydroxylation is 1. The van der Waals surface area contributed by atoms with Crippen molar-refractivity contribution in [3.63, 3.8) is 0 Å². The minimum Gasteiger partial charge on any atom is -0.395 e. The van der Waals surface area contributed by atoms with Crippen molar-refractivity contribution in [1.82, 2.24) is 4.57 Å². The summed E-state index contributed by atoms with van der Waals surface area (Å²) in [6.07, 6.45) is 0.758. The molecule has 0 aliphatic carbocycles. The van der Waals surface area contributed by atoms with E-state index in [9.17, 15) is 0 Å². The fourth-order valence-electron chi connectivity index (χ4n) is 2.07. The van der Waals surface area contributed by atoms with E-state index in [1.165, 1.54) is 17.0 Å². The summed E-state index contributed by atoms with van der Waals surface area (Å²) < 4.78 is 2.34. The third-order valence-corrected chi connectivity index (χ3v) is 2.94. The fourth-order valence-corrected chi connectivity index (χ4v) is 2.07. The van der Waals surface area contributed by atoms with Gasteiger partial charge < -0.3 is 15.4 Å². The van der Waals surface area contributed by atoms with Gasteiger partial charge in [0.15, 0.2) is 0 Å². The molecule has 1 unspecified atom stereocenters. The molecule has 0 saturated carbocycles. The summed E-state index contributed by atoms with van der Waals surface area (Å²) >= 11 is 0. The van der Waals surface area contributed by atoms with Crippen molar-refractivity contribution in [3.8, 4) is 0 Å². The van der Waals surface area contributed by atoms with Gasteiger partial charge in [0, 0.05) is 24.0 Å². The van der Waals surface area contributed by atoms with E-state index in [1.807, 2.05) is 0 Å². The first-order valence-corrected chi connectivity index (χ1v) is 5.97. The number of aliphatic hydroxyl groups excluding tert-OH is 1. The van der Waals surface area contributed by atoms with Crippen LogP contribution in [0.25, 0.3) is 0 Å². The quantitative estimate of drug-likeness (QED) is 0.798. The van der Waals surface area contributed by atoms with Crippen molar-refractivity contribution in [1.29, 1.82) is 0 Å². The largest absolute Gasteiger partial charge is 0.395 e. The average molecular weight is 224 g/mol. The molecule has 0 aromatic carbocycles. The Hall–Kier alpha value is -0.800. The minimum absolute atomic E-state index is 0.0495. The summed E-state index contributed by atoms with van der Waals surface area (Å²) in [6.45, 7) is 9.80. The summed E-state index contributed by atoms with van der Waals surface area (Å²) in [6, 6.07) is 2.04. The van der Waals surface area contributed by atoms with Crippen LogP contribution in [0.4, 0.5) is 0 Å². The molecule has 1 aromatic heterocycles. The number of nitrogens with two attached hydrogens (primary N) is 1. The third kappa shape index (κ3) is 3.09. The van der Waals surface area contributed by atoms with Crippen molar-refractivity contribution in [2.45, 2.75) is 46.7 Å². The maximum absolute atomic E-state index is 8.98. The van der Waals surface area contributed by atoms with Gasteiger partial charge in [0.05, 0.1) is 6.61 Å². The Labute approximate surface area is 98.3 Å². The fraction of sp³-hybridized carbons (Fsp3) is 0.692. The molecule has 1 atom stereocenters. The van der Waals surface area contributed by atoms with E-state index in [-0.39, 0.29) is 12.6 Å². The smallest absolute Gasteiger partial charge is 0.0585 e. The number of hydrogen-bond donors (Lipinski definition) is 2. The standard InChI is InChI=1S/C13H24N2O/c1-9(2)7-15-10(3)5-12(11(15)4)6-13(14)8-16/h5,9,13,16H,6-8,14H2,1-4H3. The minimum atomic E-state index is -0.145. The molecule has 1 rings (SSSR count). The van der Waals surface area contributed by atoms with Gasteiger partial charge in [-0.25, -0.2) is 0 Å². The van der Waals surface area contributed by atoms with Crippen LogP contribution in [0.1, 0.15) is 30.8 Å². The predicted octanol–water partition coefficient (Wildman–Crippen LogP) is 1.62. The lowest BCUT2D eigenvalue weighted by molar-refractivity contribution is 0.265. The van der Waals surface area contributed by atoms with Gasteiger partial charge in [0.1, 0.15) is 0 Å². The first-order valence-electron chi connectivity index (χ1n) is 5.97. The molecule has 0 spiro atoms. The van der Waals surface area contributed by atoms with Crippen molar-refractivity contribution < 1.29 is 5.11 Å². The molecule has 0 aliphatic rings. The van der Waals surface area contributed by atoms with Gasteiger partial charge in [-0.2, -0.15) is 0 Å². The van der Waals surface area contributed by atoms with Crippen LogP contribution in [0.2, 0.25) is 0 Å². The van der Waals surface area contributed by atoms with E-state index in [1.54, 1.807) is 0 Å². The van der Waals surface area contributed by atoms with E-state index in [4.69, 9.17) is 10.8 Å².